The van der Waals surface area contributed by atoms with E-state index >= 15 is 0 Å². The molecule has 0 fully saturated rings. The summed E-state index contributed by atoms with van der Waals surface area (Å²) in [5.74, 6) is 5.71. The summed E-state index contributed by atoms with van der Waals surface area (Å²) in [4.78, 5) is 0. The van der Waals surface area contributed by atoms with Crippen molar-refractivity contribution in [1.82, 2.24) is 5.43 Å². The van der Waals surface area contributed by atoms with Gasteiger partial charge in [-0.15, -0.1) is 0 Å². The normalized spacial score (nSPS) is 12.2. The van der Waals surface area contributed by atoms with E-state index in [2.05, 4.69) is 5.43 Å². The summed E-state index contributed by atoms with van der Waals surface area (Å²) in [6.07, 6.45) is 0.452. The number of halogens is 3. The summed E-state index contributed by atoms with van der Waals surface area (Å²) in [6.45, 7) is 0.309. The van der Waals surface area contributed by atoms with E-state index in [-0.39, 0.29) is 11.1 Å². The minimum absolute atomic E-state index is 0.112. The maximum absolute atomic E-state index is 13.4. The molecule has 1 unspecified atom stereocenters. The smallest absolute Gasteiger partial charge is 0.142 e. The van der Waals surface area contributed by atoms with Crippen molar-refractivity contribution in [3.8, 4) is 5.75 Å². The van der Waals surface area contributed by atoms with E-state index in [1.807, 2.05) is 0 Å². The van der Waals surface area contributed by atoms with Gasteiger partial charge in [0.25, 0.3) is 0 Å². The molecule has 0 radical (unpaired) electrons. The first-order valence-corrected chi connectivity index (χ1v) is 7.13. The van der Waals surface area contributed by atoms with Crippen molar-refractivity contribution in [3.05, 3.63) is 63.9 Å². The van der Waals surface area contributed by atoms with Crippen LogP contribution in [0, 0.1) is 5.82 Å². The van der Waals surface area contributed by atoms with Crippen LogP contribution in [0.3, 0.4) is 0 Å². The van der Waals surface area contributed by atoms with Crippen LogP contribution in [0.15, 0.2) is 42.5 Å². The van der Waals surface area contributed by atoms with E-state index in [1.54, 1.807) is 36.4 Å². The Balaban J connectivity index is 1.99. The Morgan fingerprint density at radius 2 is 1.95 bits per heavy atom. The Morgan fingerprint density at radius 3 is 2.67 bits per heavy atom. The van der Waals surface area contributed by atoms with E-state index in [0.717, 1.165) is 0 Å². The highest BCUT2D eigenvalue weighted by atomic mass is 35.5. The number of nitrogens with one attached hydrogen (secondary N) is 1. The lowest BCUT2D eigenvalue weighted by Gasteiger charge is -2.17. The summed E-state index contributed by atoms with van der Waals surface area (Å²) in [7, 11) is 0. The van der Waals surface area contributed by atoms with Crippen LogP contribution in [-0.4, -0.2) is 12.6 Å². The lowest BCUT2D eigenvalue weighted by molar-refractivity contribution is 0.264. The first-order valence-electron chi connectivity index (χ1n) is 6.37. The zero-order valence-corrected chi connectivity index (χ0v) is 12.7. The van der Waals surface area contributed by atoms with Gasteiger partial charge in [0, 0.05) is 5.02 Å². The van der Waals surface area contributed by atoms with Crippen LogP contribution in [0.5, 0.6) is 5.75 Å². The number of hydrazine groups is 1. The van der Waals surface area contributed by atoms with Crippen LogP contribution in [0.1, 0.15) is 5.56 Å². The largest absolute Gasteiger partial charge is 0.492 e. The molecule has 0 bridgehead atoms. The zero-order valence-electron chi connectivity index (χ0n) is 11.2. The molecule has 0 heterocycles. The molecule has 21 heavy (non-hydrogen) atoms. The quantitative estimate of drug-likeness (QED) is 0.629. The summed E-state index contributed by atoms with van der Waals surface area (Å²) in [5.41, 5.74) is 3.32. The molecule has 0 aliphatic carbocycles. The van der Waals surface area contributed by atoms with Crippen molar-refractivity contribution in [2.24, 2.45) is 5.84 Å². The lowest BCUT2D eigenvalue weighted by atomic mass is 10.1. The number of hydrogen-bond acceptors (Lipinski definition) is 3. The molecule has 2 rings (SSSR count). The molecule has 0 amide bonds. The first kappa shape index (κ1) is 16.0. The van der Waals surface area contributed by atoms with Gasteiger partial charge in [-0.05, 0) is 36.2 Å². The fraction of sp³-hybridized carbons (Fsp3) is 0.200. The van der Waals surface area contributed by atoms with Gasteiger partial charge in [0.1, 0.15) is 18.2 Å². The third-order valence-electron chi connectivity index (χ3n) is 2.98. The molecule has 0 aromatic heterocycles. The van der Waals surface area contributed by atoms with Gasteiger partial charge in [0.05, 0.1) is 11.1 Å². The molecule has 112 valence electrons. The van der Waals surface area contributed by atoms with Crippen molar-refractivity contribution in [2.75, 3.05) is 6.61 Å². The van der Waals surface area contributed by atoms with Crippen LogP contribution >= 0.6 is 23.2 Å². The highest BCUT2D eigenvalue weighted by Gasteiger charge is 2.13. The molecular formula is C15H15Cl2FN2O. The Kier molecular flexibility index (Phi) is 5.82. The molecule has 0 aliphatic heterocycles. The van der Waals surface area contributed by atoms with E-state index in [1.165, 1.54) is 6.07 Å². The van der Waals surface area contributed by atoms with Gasteiger partial charge in [-0.1, -0.05) is 41.4 Å². The van der Waals surface area contributed by atoms with Crippen LogP contribution in [0.2, 0.25) is 10.0 Å². The lowest BCUT2D eigenvalue weighted by Crippen LogP contribution is -2.41. The van der Waals surface area contributed by atoms with Crippen molar-refractivity contribution in [2.45, 2.75) is 12.5 Å². The average molecular weight is 329 g/mol. The molecule has 0 saturated carbocycles. The highest BCUT2D eigenvalue weighted by molar-refractivity contribution is 6.31. The zero-order chi connectivity index (χ0) is 15.2. The molecule has 1 atom stereocenters. The van der Waals surface area contributed by atoms with Crippen molar-refractivity contribution in [1.29, 1.82) is 0 Å². The number of ether oxygens (including phenoxy) is 1. The van der Waals surface area contributed by atoms with Crippen molar-refractivity contribution >= 4 is 23.2 Å². The summed E-state index contributed by atoms with van der Waals surface area (Å²) in [6, 6.07) is 11.6. The van der Waals surface area contributed by atoms with Gasteiger partial charge in [-0.25, -0.2) is 4.39 Å². The second-order valence-electron chi connectivity index (χ2n) is 4.55. The average Bonchev–Trinajstić information content (AvgIpc) is 2.48. The third-order valence-corrected chi connectivity index (χ3v) is 3.64. The second kappa shape index (κ2) is 7.61. The minimum atomic E-state index is -0.444. The first-order chi connectivity index (χ1) is 10.1. The van der Waals surface area contributed by atoms with Gasteiger partial charge < -0.3 is 4.74 Å². The Hall–Kier alpha value is -1.33. The molecule has 0 aliphatic rings. The van der Waals surface area contributed by atoms with Crippen molar-refractivity contribution < 1.29 is 9.13 Å². The van der Waals surface area contributed by atoms with E-state index in [0.29, 0.717) is 29.4 Å². The molecule has 0 spiro atoms. The van der Waals surface area contributed by atoms with Crippen LogP contribution in [0.25, 0.3) is 0 Å². The standard InChI is InChI=1S/C15H15Cl2FN2O/c16-11-4-2-5-13(8-11)21-9-12(20-19)7-10-3-1-6-14(18)15(10)17/h1-6,8,12,20H,7,9,19H2. The molecule has 6 heteroatoms. The summed E-state index contributed by atoms with van der Waals surface area (Å²) < 4.78 is 19.0. The predicted octanol–water partition coefficient (Wildman–Crippen LogP) is 3.59. The maximum atomic E-state index is 13.4. The van der Waals surface area contributed by atoms with Gasteiger partial charge in [0.15, 0.2) is 0 Å². The Morgan fingerprint density at radius 1 is 1.19 bits per heavy atom. The molecule has 3 nitrogen and oxygen atoms in total. The van der Waals surface area contributed by atoms with Gasteiger partial charge in [-0.3, -0.25) is 11.3 Å². The van der Waals surface area contributed by atoms with E-state index < -0.39 is 5.82 Å². The summed E-state index contributed by atoms with van der Waals surface area (Å²) in [5, 5.41) is 0.707. The number of benzene rings is 2. The van der Waals surface area contributed by atoms with Gasteiger partial charge >= 0.3 is 0 Å². The van der Waals surface area contributed by atoms with E-state index in [9.17, 15) is 4.39 Å². The third kappa shape index (κ3) is 4.58. The molecular weight excluding hydrogens is 314 g/mol. The van der Waals surface area contributed by atoms with Crippen LogP contribution < -0.4 is 16.0 Å². The monoisotopic (exact) mass is 328 g/mol. The Labute approximate surface area is 132 Å². The second-order valence-corrected chi connectivity index (χ2v) is 5.36. The number of hydrogen-bond donors (Lipinski definition) is 2. The maximum Gasteiger partial charge on any atom is 0.142 e. The fourth-order valence-corrected chi connectivity index (χ4v) is 2.27. The van der Waals surface area contributed by atoms with Crippen LogP contribution in [0.4, 0.5) is 4.39 Å². The van der Waals surface area contributed by atoms with Gasteiger partial charge in [0.2, 0.25) is 0 Å². The molecule has 3 N–H and O–H groups in total. The minimum Gasteiger partial charge on any atom is -0.492 e. The van der Waals surface area contributed by atoms with Gasteiger partial charge in [-0.2, -0.15) is 0 Å². The molecule has 2 aromatic rings. The van der Waals surface area contributed by atoms with E-state index in [4.69, 9.17) is 33.8 Å². The topological polar surface area (TPSA) is 47.3 Å². The van der Waals surface area contributed by atoms with Crippen molar-refractivity contribution in [3.63, 3.8) is 0 Å². The Bertz CT molecular complexity index is 610. The summed E-state index contributed by atoms with van der Waals surface area (Å²) >= 11 is 11.8. The van der Waals surface area contributed by atoms with Crippen LogP contribution in [-0.2, 0) is 6.42 Å². The molecule has 0 saturated heterocycles. The highest BCUT2D eigenvalue weighted by Crippen LogP contribution is 2.21. The number of nitrogens with two attached hydrogens (primary N) is 1. The fourth-order valence-electron chi connectivity index (χ4n) is 1.89. The molecule has 2 aromatic carbocycles. The SMILES string of the molecule is NNC(COc1cccc(Cl)c1)Cc1cccc(F)c1Cl. The number of rotatable bonds is 6. The predicted molar refractivity (Wildman–Crippen MR) is 83.2 cm³/mol.